The predicted molar refractivity (Wildman–Crippen MR) is 129 cm³/mol. The molecule has 2 aromatic carbocycles. The molecule has 0 saturated heterocycles. The molecule has 166 valence electrons. The van der Waals surface area contributed by atoms with Gasteiger partial charge in [-0.2, -0.15) is 5.10 Å². The lowest BCUT2D eigenvalue weighted by Gasteiger charge is -2.23. The smallest absolute Gasteiger partial charge is 0.243 e. The highest BCUT2D eigenvalue weighted by atomic mass is 16.2. The van der Waals surface area contributed by atoms with Gasteiger partial charge in [0.15, 0.2) is 0 Å². The molecule has 32 heavy (non-hydrogen) atoms. The Bertz CT molecular complexity index is 1050. The minimum atomic E-state index is -0.202. The van der Waals surface area contributed by atoms with E-state index in [0.717, 1.165) is 34.4 Å². The summed E-state index contributed by atoms with van der Waals surface area (Å²) < 4.78 is 1.78. The van der Waals surface area contributed by atoms with E-state index in [1.165, 1.54) is 0 Å². The number of para-hydroxylation sites is 1. The highest BCUT2D eigenvalue weighted by molar-refractivity contribution is 5.94. The number of anilines is 1. The molecule has 0 spiro atoms. The van der Waals surface area contributed by atoms with Gasteiger partial charge in [0.2, 0.25) is 11.8 Å². The lowest BCUT2D eigenvalue weighted by molar-refractivity contribution is -0.134. The third-order valence-corrected chi connectivity index (χ3v) is 5.22. The molecule has 0 saturated carbocycles. The summed E-state index contributed by atoms with van der Waals surface area (Å²) in [7, 11) is 1.89. The van der Waals surface area contributed by atoms with Gasteiger partial charge in [-0.1, -0.05) is 56.0 Å². The highest BCUT2D eigenvalue weighted by Gasteiger charge is 2.17. The molecule has 0 unspecified atom stereocenters. The number of hydrogen-bond acceptors (Lipinski definition) is 3. The maximum absolute atomic E-state index is 12.6. The molecule has 0 bridgehead atoms. The first kappa shape index (κ1) is 23.0. The molecule has 3 aromatic rings. The lowest BCUT2D eigenvalue weighted by atomic mass is 10.0. The zero-order valence-electron chi connectivity index (χ0n) is 18.8. The average Bonchev–Trinajstić information content (AvgIpc) is 3.23. The fourth-order valence-corrected chi connectivity index (χ4v) is 3.44. The molecule has 0 aliphatic heterocycles. The Kier molecular flexibility index (Phi) is 7.97. The molecule has 6 nitrogen and oxygen atoms in total. The number of aryl methyl sites for hydroxylation is 1. The van der Waals surface area contributed by atoms with Gasteiger partial charge in [-0.25, -0.2) is 0 Å². The van der Waals surface area contributed by atoms with Gasteiger partial charge in [0.25, 0.3) is 0 Å². The second-order valence-electron chi connectivity index (χ2n) is 7.81. The highest BCUT2D eigenvalue weighted by Crippen LogP contribution is 2.23. The third-order valence-electron chi connectivity index (χ3n) is 5.22. The largest absolute Gasteiger partial charge is 0.333 e. The number of rotatable bonds is 10. The minimum Gasteiger partial charge on any atom is -0.333 e. The van der Waals surface area contributed by atoms with Crippen molar-refractivity contribution in [1.29, 1.82) is 0 Å². The van der Waals surface area contributed by atoms with Crippen LogP contribution in [-0.4, -0.2) is 39.6 Å². The quantitative estimate of drug-likeness (QED) is 0.504. The van der Waals surface area contributed by atoms with E-state index in [4.69, 9.17) is 0 Å². The third kappa shape index (κ3) is 6.41. The molecule has 1 heterocycles. The van der Waals surface area contributed by atoms with Crippen LogP contribution in [0.5, 0.6) is 0 Å². The van der Waals surface area contributed by atoms with E-state index in [9.17, 15) is 9.59 Å². The van der Waals surface area contributed by atoms with Gasteiger partial charge in [0, 0.05) is 37.5 Å². The summed E-state index contributed by atoms with van der Waals surface area (Å²) in [5.74, 6) is -0.220. The average molecular weight is 431 g/mol. The molecular formula is C26H30N4O2. The van der Waals surface area contributed by atoms with E-state index < -0.39 is 0 Å². The van der Waals surface area contributed by atoms with Crippen LogP contribution in [0.2, 0.25) is 0 Å². The molecule has 1 aromatic heterocycles. The summed E-state index contributed by atoms with van der Waals surface area (Å²) in [5, 5.41) is 7.06. The van der Waals surface area contributed by atoms with E-state index in [1.54, 1.807) is 9.58 Å². The molecule has 3 rings (SSSR count). The van der Waals surface area contributed by atoms with Crippen LogP contribution in [0.3, 0.4) is 0 Å². The summed E-state index contributed by atoms with van der Waals surface area (Å²) >= 11 is 0. The molecule has 0 aliphatic carbocycles. The maximum atomic E-state index is 12.6. The maximum Gasteiger partial charge on any atom is 0.243 e. The topological polar surface area (TPSA) is 67.2 Å². The van der Waals surface area contributed by atoms with Crippen LogP contribution in [-0.2, 0) is 16.6 Å². The van der Waals surface area contributed by atoms with E-state index in [2.05, 4.69) is 17.0 Å². The van der Waals surface area contributed by atoms with Crippen molar-refractivity contribution in [3.63, 3.8) is 0 Å². The van der Waals surface area contributed by atoms with Crippen molar-refractivity contribution in [2.24, 2.45) is 7.05 Å². The number of aromatic nitrogens is 2. The Morgan fingerprint density at radius 1 is 1.03 bits per heavy atom. The summed E-state index contributed by atoms with van der Waals surface area (Å²) in [5.41, 5.74) is 4.82. The predicted octanol–water partition coefficient (Wildman–Crippen LogP) is 4.76. The number of nitrogens with one attached hydrogen (secondary N) is 1. The van der Waals surface area contributed by atoms with Crippen molar-refractivity contribution in [1.82, 2.24) is 14.7 Å². The first-order valence-electron chi connectivity index (χ1n) is 10.9. The van der Waals surface area contributed by atoms with Gasteiger partial charge in [-0.05, 0) is 41.7 Å². The van der Waals surface area contributed by atoms with Crippen molar-refractivity contribution >= 4 is 23.1 Å². The van der Waals surface area contributed by atoms with Crippen LogP contribution in [0.25, 0.3) is 16.7 Å². The molecule has 2 amide bonds. The van der Waals surface area contributed by atoms with E-state index >= 15 is 0 Å². The molecule has 0 atom stereocenters. The SMILES string of the molecule is C=C(CCN(CC(=O)Nc1ccccc1)C(=O)CCC)c1ccc(-c2cnn(C)c2)cc1. The van der Waals surface area contributed by atoms with E-state index in [1.807, 2.05) is 81.0 Å². The summed E-state index contributed by atoms with van der Waals surface area (Å²) in [6.07, 6.45) is 5.57. The van der Waals surface area contributed by atoms with Crippen molar-refractivity contribution in [2.45, 2.75) is 26.2 Å². The molecule has 0 aliphatic rings. The Labute approximate surface area is 189 Å². The van der Waals surface area contributed by atoms with Gasteiger partial charge in [-0.15, -0.1) is 0 Å². The number of hydrogen-bond donors (Lipinski definition) is 1. The first-order chi connectivity index (χ1) is 15.5. The van der Waals surface area contributed by atoms with Crippen molar-refractivity contribution in [3.05, 3.63) is 79.1 Å². The Hall–Kier alpha value is -3.67. The molecule has 6 heteroatoms. The second kappa shape index (κ2) is 11.1. The second-order valence-corrected chi connectivity index (χ2v) is 7.81. The fourth-order valence-electron chi connectivity index (χ4n) is 3.44. The zero-order chi connectivity index (χ0) is 22.9. The Morgan fingerprint density at radius 2 is 1.75 bits per heavy atom. The Morgan fingerprint density at radius 3 is 2.38 bits per heavy atom. The van der Waals surface area contributed by atoms with E-state index in [-0.39, 0.29) is 18.4 Å². The van der Waals surface area contributed by atoms with Gasteiger partial charge >= 0.3 is 0 Å². The molecule has 1 N–H and O–H groups in total. The lowest BCUT2D eigenvalue weighted by Crippen LogP contribution is -2.38. The monoisotopic (exact) mass is 430 g/mol. The molecule has 0 radical (unpaired) electrons. The van der Waals surface area contributed by atoms with Crippen molar-refractivity contribution < 1.29 is 9.59 Å². The summed E-state index contributed by atoms with van der Waals surface area (Å²) in [6, 6.07) is 17.4. The number of amides is 2. The van der Waals surface area contributed by atoms with Gasteiger partial charge in [-0.3, -0.25) is 14.3 Å². The van der Waals surface area contributed by atoms with Gasteiger partial charge < -0.3 is 10.2 Å². The van der Waals surface area contributed by atoms with Crippen molar-refractivity contribution in [2.75, 3.05) is 18.4 Å². The number of nitrogens with zero attached hydrogens (tertiary/aromatic N) is 3. The van der Waals surface area contributed by atoms with Crippen LogP contribution in [0.15, 0.2) is 73.6 Å². The zero-order valence-corrected chi connectivity index (χ0v) is 18.8. The van der Waals surface area contributed by atoms with Crippen LogP contribution < -0.4 is 5.32 Å². The van der Waals surface area contributed by atoms with Crippen LogP contribution in [0.1, 0.15) is 31.7 Å². The summed E-state index contributed by atoms with van der Waals surface area (Å²) in [6.45, 7) is 6.64. The minimum absolute atomic E-state index is 0.0181. The van der Waals surface area contributed by atoms with Gasteiger partial charge in [0.1, 0.15) is 0 Å². The van der Waals surface area contributed by atoms with E-state index in [0.29, 0.717) is 19.4 Å². The van der Waals surface area contributed by atoms with Crippen LogP contribution in [0.4, 0.5) is 5.69 Å². The fraction of sp³-hybridized carbons (Fsp3) is 0.269. The first-order valence-corrected chi connectivity index (χ1v) is 10.9. The van der Waals surface area contributed by atoms with Crippen molar-refractivity contribution in [3.8, 4) is 11.1 Å². The normalized spacial score (nSPS) is 10.6. The summed E-state index contributed by atoms with van der Waals surface area (Å²) in [4.78, 5) is 26.7. The number of carbonyl (C=O) groups is 2. The van der Waals surface area contributed by atoms with Crippen LogP contribution in [0, 0.1) is 0 Å². The number of benzene rings is 2. The molecular weight excluding hydrogens is 400 g/mol. The molecule has 0 fully saturated rings. The van der Waals surface area contributed by atoms with Gasteiger partial charge in [0.05, 0.1) is 12.7 Å². The Balaban J connectivity index is 1.60. The van der Waals surface area contributed by atoms with Crippen LogP contribution >= 0.6 is 0 Å². The standard InChI is InChI=1S/C26H30N4O2/c1-4-8-26(32)30(19-25(31)28-24-9-6-5-7-10-24)16-15-20(2)21-11-13-22(14-12-21)23-17-27-29(3)18-23/h5-7,9-14,17-18H,2,4,8,15-16,19H2,1,3H3,(H,28,31). The number of carbonyl (C=O) groups excluding carboxylic acids is 2.